The summed E-state index contributed by atoms with van der Waals surface area (Å²) in [7, 11) is 0. The summed E-state index contributed by atoms with van der Waals surface area (Å²) < 4.78 is 0. The van der Waals surface area contributed by atoms with Crippen molar-refractivity contribution >= 4 is 17.6 Å². The van der Waals surface area contributed by atoms with E-state index in [-0.39, 0.29) is 6.42 Å². The van der Waals surface area contributed by atoms with Gasteiger partial charge < -0.3 is 15.7 Å². The summed E-state index contributed by atoms with van der Waals surface area (Å²) in [5.41, 5.74) is 0. The number of anilines is 2. The normalized spacial score (nSPS) is 9.81. The molecule has 6 nitrogen and oxygen atoms in total. The first-order chi connectivity index (χ1) is 7.72. The van der Waals surface area contributed by atoms with E-state index in [0.29, 0.717) is 12.4 Å². The van der Waals surface area contributed by atoms with E-state index in [1.54, 1.807) is 6.07 Å². The highest BCUT2D eigenvalue weighted by Crippen LogP contribution is 2.08. The van der Waals surface area contributed by atoms with E-state index in [0.717, 1.165) is 18.8 Å². The lowest BCUT2D eigenvalue weighted by atomic mass is 10.4. The van der Waals surface area contributed by atoms with Crippen molar-refractivity contribution in [3.63, 3.8) is 0 Å². The van der Waals surface area contributed by atoms with Crippen molar-refractivity contribution in [2.24, 2.45) is 0 Å². The Morgan fingerprint density at radius 3 is 2.50 bits per heavy atom. The van der Waals surface area contributed by atoms with Crippen LogP contribution < -0.4 is 10.6 Å². The highest BCUT2D eigenvalue weighted by molar-refractivity contribution is 5.67. The van der Waals surface area contributed by atoms with Gasteiger partial charge in [0, 0.05) is 19.2 Å². The smallest absolute Gasteiger partial charge is 0.305 e. The molecular formula is C10H16N4O2. The standard InChI is InChI=1S/C10H16N4O2/c1-2-4-11-8-6-9(14-7-13-8)12-5-3-10(15)16/h6-7H,2-5H2,1H3,(H,15,16)(H2,11,12,13,14). The van der Waals surface area contributed by atoms with Crippen LogP contribution in [0.5, 0.6) is 0 Å². The van der Waals surface area contributed by atoms with Crippen LogP contribution in [0, 0.1) is 0 Å². The third-order valence-electron chi connectivity index (χ3n) is 1.87. The number of hydrogen-bond acceptors (Lipinski definition) is 5. The molecule has 0 radical (unpaired) electrons. The van der Waals surface area contributed by atoms with Crippen molar-refractivity contribution in [3.05, 3.63) is 12.4 Å². The zero-order valence-corrected chi connectivity index (χ0v) is 9.23. The molecule has 0 aliphatic heterocycles. The first-order valence-electron chi connectivity index (χ1n) is 5.24. The van der Waals surface area contributed by atoms with Gasteiger partial charge in [0.15, 0.2) is 0 Å². The number of carboxylic acid groups (broad SMARTS) is 1. The molecule has 0 aliphatic carbocycles. The molecule has 1 heterocycles. The fourth-order valence-corrected chi connectivity index (χ4v) is 1.10. The third kappa shape index (κ3) is 4.59. The third-order valence-corrected chi connectivity index (χ3v) is 1.87. The fraction of sp³-hybridized carbons (Fsp3) is 0.500. The van der Waals surface area contributed by atoms with Crippen molar-refractivity contribution in [1.29, 1.82) is 0 Å². The average molecular weight is 224 g/mol. The van der Waals surface area contributed by atoms with E-state index in [9.17, 15) is 4.79 Å². The Bertz CT molecular complexity index is 343. The molecule has 1 aromatic heterocycles. The van der Waals surface area contributed by atoms with Gasteiger partial charge in [-0.15, -0.1) is 0 Å². The maximum absolute atomic E-state index is 10.3. The van der Waals surface area contributed by atoms with E-state index in [1.807, 2.05) is 0 Å². The van der Waals surface area contributed by atoms with Crippen LogP contribution >= 0.6 is 0 Å². The zero-order chi connectivity index (χ0) is 11.8. The second-order valence-electron chi connectivity index (χ2n) is 3.29. The molecular weight excluding hydrogens is 208 g/mol. The summed E-state index contributed by atoms with van der Waals surface area (Å²) in [5, 5.41) is 14.5. The Morgan fingerprint density at radius 1 is 1.31 bits per heavy atom. The number of nitrogens with one attached hydrogen (secondary N) is 2. The highest BCUT2D eigenvalue weighted by Gasteiger charge is 1.99. The van der Waals surface area contributed by atoms with Crippen LogP contribution in [-0.2, 0) is 4.79 Å². The lowest BCUT2D eigenvalue weighted by molar-refractivity contribution is -0.136. The van der Waals surface area contributed by atoms with E-state index in [2.05, 4.69) is 27.5 Å². The molecule has 0 atom stereocenters. The fourth-order valence-electron chi connectivity index (χ4n) is 1.10. The van der Waals surface area contributed by atoms with Crippen molar-refractivity contribution in [3.8, 4) is 0 Å². The largest absolute Gasteiger partial charge is 0.481 e. The van der Waals surface area contributed by atoms with Gasteiger partial charge in [0.25, 0.3) is 0 Å². The lowest BCUT2D eigenvalue weighted by Crippen LogP contribution is -2.09. The van der Waals surface area contributed by atoms with E-state index in [4.69, 9.17) is 5.11 Å². The van der Waals surface area contributed by atoms with E-state index >= 15 is 0 Å². The molecule has 3 N–H and O–H groups in total. The molecule has 0 fully saturated rings. The van der Waals surface area contributed by atoms with Crippen LogP contribution in [0.25, 0.3) is 0 Å². The SMILES string of the molecule is CCCNc1cc(NCCC(=O)O)ncn1. The van der Waals surface area contributed by atoms with Crippen LogP contribution in [-0.4, -0.2) is 34.1 Å². The molecule has 0 unspecified atom stereocenters. The van der Waals surface area contributed by atoms with Gasteiger partial charge in [-0.25, -0.2) is 9.97 Å². The molecule has 88 valence electrons. The van der Waals surface area contributed by atoms with Gasteiger partial charge >= 0.3 is 5.97 Å². The minimum Gasteiger partial charge on any atom is -0.481 e. The molecule has 1 aromatic rings. The van der Waals surface area contributed by atoms with Gasteiger partial charge in [-0.1, -0.05) is 6.92 Å². The molecule has 0 spiro atoms. The first kappa shape index (κ1) is 12.2. The Hall–Kier alpha value is -1.85. The van der Waals surface area contributed by atoms with Crippen LogP contribution in [0.2, 0.25) is 0 Å². The Kier molecular flexibility index (Phi) is 5.04. The molecule has 0 amide bonds. The Balaban J connectivity index is 2.43. The first-order valence-corrected chi connectivity index (χ1v) is 5.24. The van der Waals surface area contributed by atoms with Gasteiger partial charge in [-0.3, -0.25) is 4.79 Å². The number of aromatic nitrogens is 2. The summed E-state index contributed by atoms with van der Waals surface area (Å²) >= 11 is 0. The number of hydrogen-bond donors (Lipinski definition) is 3. The maximum atomic E-state index is 10.3. The van der Waals surface area contributed by atoms with Gasteiger partial charge in [0.2, 0.25) is 0 Å². The number of aliphatic carboxylic acids is 1. The second-order valence-corrected chi connectivity index (χ2v) is 3.29. The topological polar surface area (TPSA) is 87.1 Å². The molecule has 0 aromatic carbocycles. The number of carboxylic acids is 1. The molecule has 0 saturated carbocycles. The highest BCUT2D eigenvalue weighted by atomic mass is 16.4. The van der Waals surface area contributed by atoms with Gasteiger partial charge in [0.05, 0.1) is 6.42 Å². The van der Waals surface area contributed by atoms with Crippen molar-refractivity contribution in [2.45, 2.75) is 19.8 Å². The lowest BCUT2D eigenvalue weighted by Gasteiger charge is -2.06. The predicted octanol–water partition coefficient (Wildman–Crippen LogP) is 1.19. The summed E-state index contributed by atoms with van der Waals surface area (Å²) in [5.74, 6) is 0.551. The molecule has 16 heavy (non-hydrogen) atoms. The van der Waals surface area contributed by atoms with Crippen LogP contribution in [0.1, 0.15) is 19.8 Å². The van der Waals surface area contributed by atoms with Crippen molar-refractivity contribution < 1.29 is 9.90 Å². The maximum Gasteiger partial charge on any atom is 0.305 e. The zero-order valence-electron chi connectivity index (χ0n) is 9.23. The second kappa shape index (κ2) is 6.60. The monoisotopic (exact) mass is 224 g/mol. The van der Waals surface area contributed by atoms with Crippen LogP contribution in [0.15, 0.2) is 12.4 Å². The quantitative estimate of drug-likeness (QED) is 0.644. The Morgan fingerprint density at radius 2 is 1.94 bits per heavy atom. The van der Waals surface area contributed by atoms with Crippen LogP contribution in [0.4, 0.5) is 11.6 Å². The number of carbonyl (C=O) groups is 1. The van der Waals surface area contributed by atoms with Crippen LogP contribution in [0.3, 0.4) is 0 Å². The Labute approximate surface area is 94.1 Å². The summed E-state index contributed by atoms with van der Waals surface area (Å²) in [4.78, 5) is 18.3. The van der Waals surface area contributed by atoms with Gasteiger partial charge in [-0.05, 0) is 6.42 Å². The summed E-state index contributed by atoms with van der Waals surface area (Å²) in [6.45, 7) is 3.28. The summed E-state index contributed by atoms with van der Waals surface area (Å²) in [6.07, 6.45) is 2.54. The molecule has 0 aliphatic rings. The van der Waals surface area contributed by atoms with Crippen molar-refractivity contribution in [2.75, 3.05) is 23.7 Å². The molecule has 1 rings (SSSR count). The van der Waals surface area contributed by atoms with E-state index < -0.39 is 5.97 Å². The number of rotatable bonds is 7. The molecule has 6 heteroatoms. The number of nitrogens with zero attached hydrogens (tertiary/aromatic N) is 2. The van der Waals surface area contributed by atoms with Gasteiger partial charge in [0.1, 0.15) is 18.0 Å². The minimum absolute atomic E-state index is 0.0712. The minimum atomic E-state index is -0.828. The molecule has 0 saturated heterocycles. The summed E-state index contributed by atoms with van der Waals surface area (Å²) in [6, 6.07) is 1.76. The molecule has 0 bridgehead atoms. The van der Waals surface area contributed by atoms with E-state index in [1.165, 1.54) is 6.33 Å². The average Bonchev–Trinajstić information content (AvgIpc) is 2.26. The van der Waals surface area contributed by atoms with Gasteiger partial charge in [-0.2, -0.15) is 0 Å². The van der Waals surface area contributed by atoms with Crippen molar-refractivity contribution in [1.82, 2.24) is 9.97 Å². The predicted molar refractivity (Wildman–Crippen MR) is 61.6 cm³/mol.